The zero-order valence-corrected chi connectivity index (χ0v) is 18.5. The largest absolute Gasteiger partial charge is 0.494 e. The minimum absolute atomic E-state index is 0.0879. The molecule has 27 heavy (non-hydrogen) atoms. The van der Waals surface area contributed by atoms with Crippen molar-refractivity contribution in [3.63, 3.8) is 0 Å². The Labute approximate surface area is 171 Å². The maximum absolute atomic E-state index is 11.4. The van der Waals surface area contributed by atoms with E-state index in [9.17, 15) is 4.79 Å². The summed E-state index contributed by atoms with van der Waals surface area (Å²) in [5.41, 5.74) is 0.723. The van der Waals surface area contributed by atoms with Crippen LogP contribution in [-0.2, 0) is 0 Å². The van der Waals surface area contributed by atoms with E-state index < -0.39 is 0 Å². The molecule has 0 aliphatic carbocycles. The van der Waals surface area contributed by atoms with Gasteiger partial charge in [-0.05, 0) is 49.8 Å². The summed E-state index contributed by atoms with van der Waals surface area (Å²) in [4.78, 5) is 11.4. The molecule has 1 rings (SSSR count). The quantitative estimate of drug-likeness (QED) is 0.189. The third-order valence-electron chi connectivity index (χ3n) is 4.83. The van der Waals surface area contributed by atoms with Gasteiger partial charge in [0.25, 0.3) is 0 Å². The van der Waals surface area contributed by atoms with Crippen molar-refractivity contribution in [3.8, 4) is 5.75 Å². The number of carbonyl (C=O) groups excluding carboxylic acids is 1. The van der Waals surface area contributed by atoms with Gasteiger partial charge < -0.3 is 4.74 Å². The lowest BCUT2D eigenvalue weighted by molar-refractivity contribution is 0.101. The number of ketones is 1. The number of Topliss-reactive ketones (excluding diaryl/α,β-unsaturated/α-hetero) is 1. The fourth-order valence-corrected chi connectivity index (χ4v) is 4.12. The summed E-state index contributed by atoms with van der Waals surface area (Å²) in [5.74, 6) is 3.54. The normalized spacial score (nSPS) is 10.9. The van der Waals surface area contributed by atoms with Crippen LogP contribution in [0.25, 0.3) is 0 Å². The van der Waals surface area contributed by atoms with Crippen LogP contribution in [0.2, 0.25) is 0 Å². The van der Waals surface area contributed by atoms with Crippen LogP contribution in [0.1, 0.15) is 101 Å². The number of benzene rings is 1. The Hall–Kier alpha value is -0.960. The summed E-state index contributed by atoms with van der Waals surface area (Å²) in [6.45, 7) is 4.61. The molecule has 0 amide bonds. The molecule has 0 radical (unpaired) electrons. The van der Waals surface area contributed by atoms with Crippen molar-refractivity contribution in [2.75, 3.05) is 18.1 Å². The van der Waals surface area contributed by atoms with Crippen molar-refractivity contribution >= 4 is 17.5 Å². The molecule has 0 heterocycles. The third kappa shape index (κ3) is 13.8. The Balaban J connectivity index is 1.83. The van der Waals surface area contributed by atoms with E-state index in [0.717, 1.165) is 24.3 Å². The molecule has 2 nitrogen and oxygen atoms in total. The Kier molecular flexibility index (Phi) is 15.3. The van der Waals surface area contributed by atoms with Crippen LogP contribution < -0.4 is 4.74 Å². The highest BCUT2D eigenvalue weighted by atomic mass is 32.2. The summed E-state index contributed by atoms with van der Waals surface area (Å²) < 4.78 is 5.75. The molecule has 0 unspecified atom stereocenters. The Morgan fingerprint density at radius 2 is 1.44 bits per heavy atom. The van der Waals surface area contributed by atoms with E-state index in [1.54, 1.807) is 6.92 Å². The van der Waals surface area contributed by atoms with Gasteiger partial charge >= 0.3 is 0 Å². The summed E-state index contributed by atoms with van der Waals surface area (Å²) >= 11 is 2.13. The van der Waals surface area contributed by atoms with E-state index in [1.807, 2.05) is 24.3 Å². The molecule has 0 N–H and O–H groups in total. The Morgan fingerprint density at radius 3 is 2.07 bits per heavy atom. The van der Waals surface area contributed by atoms with Crippen LogP contribution in [0.15, 0.2) is 24.3 Å². The van der Waals surface area contributed by atoms with Crippen molar-refractivity contribution in [1.82, 2.24) is 0 Å². The standard InChI is InChI=1S/C24H40O2S/c1-3-4-5-6-7-8-10-13-19-27-20-14-11-9-12-18-26-24-17-15-16-23(21-24)22(2)25/h15-17,21H,3-14,18-20H2,1-2H3. The number of ether oxygens (including phenoxy) is 1. The molecule has 154 valence electrons. The first kappa shape index (κ1) is 24.1. The van der Waals surface area contributed by atoms with Crippen molar-refractivity contribution in [1.29, 1.82) is 0 Å². The van der Waals surface area contributed by atoms with Gasteiger partial charge in [0, 0.05) is 5.56 Å². The van der Waals surface area contributed by atoms with Gasteiger partial charge in [-0.2, -0.15) is 11.8 Å². The molecule has 0 aliphatic rings. The second-order valence-electron chi connectivity index (χ2n) is 7.43. The van der Waals surface area contributed by atoms with Crippen molar-refractivity contribution in [2.24, 2.45) is 0 Å². The number of hydrogen-bond acceptors (Lipinski definition) is 3. The summed E-state index contributed by atoms with van der Waals surface area (Å²) in [6, 6.07) is 7.48. The van der Waals surface area contributed by atoms with Crippen LogP contribution in [-0.4, -0.2) is 23.9 Å². The van der Waals surface area contributed by atoms with Gasteiger partial charge in [-0.1, -0.05) is 76.8 Å². The number of carbonyl (C=O) groups is 1. The molecule has 0 bridgehead atoms. The Morgan fingerprint density at radius 1 is 0.852 bits per heavy atom. The molecular weight excluding hydrogens is 352 g/mol. The van der Waals surface area contributed by atoms with Crippen molar-refractivity contribution < 1.29 is 9.53 Å². The first-order chi connectivity index (χ1) is 13.2. The molecule has 0 aliphatic heterocycles. The highest BCUT2D eigenvalue weighted by Crippen LogP contribution is 2.15. The molecule has 1 aromatic rings. The topological polar surface area (TPSA) is 26.3 Å². The van der Waals surface area contributed by atoms with E-state index in [2.05, 4.69) is 18.7 Å². The van der Waals surface area contributed by atoms with Crippen LogP contribution in [0.5, 0.6) is 5.75 Å². The van der Waals surface area contributed by atoms with Crippen LogP contribution in [0, 0.1) is 0 Å². The average molecular weight is 393 g/mol. The lowest BCUT2D eigenvalue weighted by atomic mass is 10.1. The fourth-order valence-electron chi connectivity index (χ4n) is 3.09. The van der Waals surface area contributed by atoms with Gasteiger partial charge in [0.2, 0.25) is 0 Å². The van der Waals surface area contributed by atoms with Crippen molar-refractivity contribution in [3.05, 3.63) is 29.8 Å². The molecule has 0 aromatic heterocycles. The van der Waals surface area contributed by atoms with E-state index in [0.29, 0.717) is 0 Å². The zero-order valence-electron chi connectivity index (χ0n) is 17.6. The minimum Gasteiger partial charge on any atom is -0.494 e. The highest BCUT2D eigenvalue weighted by Gasteiger charge is 2.01. The van der Waals surface area contributed by atoms with Crippen LogP contribution in [0.4, 0.5) is 0 Å². The summed E-state index contributed by atoms with van der Waals surface area (Å²) in [5, 5.41) is 0. The van der Waals surface area contributed by atoms with Gasteiger partial charge in [0.15, 0.2) is 5.78 Å². The van der Waals surface area contributed by atoms with Gasteiger partial charge in [0.05, 0.1) is 6.61 Å². The van der Waals surface area contributed by atoms with Gasteiger partial charge in [-0.15, -0.1) is 0 Å². The van der Waals surface area contributed by atoms with Crippen molar-refractivity contribution in [2.45, 2.75) is 90.9 Å². The molecule has 0 atom stereocenters. The number of rotatable bonds is 18. The lowest BCUT2D eigenvalue weighted by Gasteiger charge is -2.07. The van der Waals surface area contributed by atoms with E-state index in [1.165, 1.54) is 82.1 Å². The summed E-state index contributed by atoms with van der Waals surface area (Å²) in [6.07, 6.45) is 16.2. The number of unbranched alkanes of at least 4 members (excludes halogenated alkanes) is 10. The zero-order chi connectivity index (χ0) is 19.6. The van der Waals surface area contributed by atoms with Gasteiger partial charge in [0.1, 0.15) is 5.75 Å². The second-order valence-corrected chi connectivity index (χ2v) is 8.66. The molecule has 1 aromatic carbocycles. The monoisotopic (exact) mass is 392 g/mol. The highest BCUT2D eigenvalue weighted by molar-refractivity contribution is 7.99. The summed E-state index contributed by atoms with van der Waals surface area (Å²) in [7, 11) is 0. The molecule has 0 fully saturated rings. The molecule has 3 heteroatoms. The number of thioether (sulfide) groups is 1. The van der Waals surface area contributed by atoms with E-state index >= 15 is 0 Å². The SMILES string of the molecule is CCCCCCCCCCSCCCCCCOc1cccc(C(C)=O)c1. The molecular formula is C24H40O2S. The minimum atomic E-state index is 0.0879. The second kappa shape index (κ2) is 17.2. The van der Waals surface area contributed by atoms with E-state index in [-0.39, 0.29) is 5.78 Å². The lowest BCUT2D eigenvalue weighted by Crippen LogP contribution is -1.99. The Bertz CT molecular complexity index is 487. The maximum atomic E-state index is 11.4. The molecule has 0 saturated heterocycles. The predicted octanol–water partition coefficient (Wildman–Crippen LogP) is 7.70. The van der Waals surface area contributed by atoms with E-state index in [4.69, 9.17) is 4.74 Å². The predicted molar refractivity (Wildman–Crippen MR) is 120 cm³/mol. The average Bonchev–Trinajstić information content (AvgIpc) is 2.68. The molecule has 0 saturated carbocycles. The number of hydrogen-bond donors (Lipinski definition) is 0. The smallest absolute Gasteiger partial charge is 0.159 e. The third-order valence-corrected chi connectivity index (χ3v) is 5.99. The van der Waals surface area contributed by atoms with Crippen LogP contribution >= 0.6 is 11.8 Å². The van der Waals surface area contributed by atoms with Gasteiger partial charge in [-0.25, -0.2) is 0 Å². The first-order valence-electron chi connectivity index (χ1n) is 11.1. The first-order valence-corrected chi connectivity index (χ1v) is 12.2. The van der Waals surface area contributed by atoms with Crippen LogP contribution in [0.3, 0.4) is 0 Å². The maximum Gasteiger partial charge on any atom is 0.159 e. The fraction of sp³-hybridized carbons (Fsp3) is 0.708. The molecule has 0 spiro atoms. The van der Waals surface area contributed by atoms with Gasteiger partial charge in [-0.3, -0.25) is 4.79 Å².